The second kappa shape index (κ2) is 5.75. The summed E-state index contributed by atoms with van der Waals surface area (Å²) in [7, 11) is 0. The zero-order chi connectivity index (χ0) is 13.0. The summed E-state index contributed by atoms with van der Waals surface area (Å²) in [4.78, 5) is 16.8. The van der Waals surface area contributed by atoms with Crippen LogP contribution in [-0.2, 0) is 6.54 Å². The summed E-state index contributed by atoms with van der Waals surface area (Å²) in [5.74, 6) is 0.433. The number of carbonyl (C=O) groups excluding carboxylic acids is 1. The number of anilines is 1. The second-order valence-electron chi connectivity index (χ2n) is 3.97. The van der Waals surface area contributed by atoms with Crippen molar-refractivity contribution in [2.75, 3.05) is 12.3 Å². The quantitative estimate of drug-likeness (QED) is 0.808. The number of aromatic nitrogens is 1. The lowest BCUT2D eigenvalue weighted by Crippen LogP contribution is -2.22. The second-order valence-corrected chi connectivity index (χ2v) is 5.18. The lowest BCUT2D eigenvalue weighted by molar-refractivity contribution is 0.0990. The molecule has 2 aromatic rings. The number of aryl methyl sites for hydroxylation is 1. The van der Waals surface area contributed by atoms with Gasteiger partial charge in [-0.3, -0.25) is 4.79 Å². The monoisotopic (exact) mass is 261 g/mol. The first kappa shape index (κ1) is 12.7. The number of nitrogens with two attached hydrogens (primary N) is 1. The molecule has 0 saturated heterocycles. The molecule has 0 aliphatic heterocycles. The molecule has 4 nitrogen and oxygen atoms in total. The molecule has 0 aliphatic carbocycles. The van der Waals surface area contributed by atoms with E-state index in [-0.39, 0.29) is 12.3 Å². The summed E-state index contributed by atoms with van der Waals surface area (Å²) in [6.45, 7) is 2.81. The minimum absolute atomic E-state index is 0.0178. The van der Waals surface area contributed by atoms with Gasteiger partial charge >= 0.3 is 0 Å². The number of benzene rings is 1. The van der Waals surface area contributed by atoms with Crippen molar-refractivity contribution in [2.24, 2.45) is 0 Å². The molecule has 1 aromatic heterocycles. The maximum absolute atomic E-state index is 11.8. The Kier molecular flexibility index (Phi) is 4.07. The molecular weight excluding hydrogens is 246 g/mol. The van der Waals surface area contributed by atoms with Gasteiger partial charge in [0.1, 0.15) is 5.82 Å². The molecule has 5 heteroatoms. The Morgan fingerprint density at radius 2 is 2.11 bits per heavy atom. The molecule has 0 spiro atoms. The number of nitrogen functional groups attached to an aromatic ring is 1. The number of thiazole rings is 1. The molecule has 0 radical (unpaired) electrons. The average Bonchev–Trinajstić information content (AvgIpc) is 2.71. The van der Waals surface area contributed by atoms with Gasteiger partial charge in [-0.05, 0) is 12.5 Å². The van der Waals surface area contributed by atoms with E-state index in [1.54, 1.807) is 0 Å². The van der Waals surface area contributed by atoms with Crippen molar-refractivity contribution in [3.63, 3.8) is 0 Å². The van der Waals surface area contributed by atoms with E-state index < -0.39 is 0 Å². The lowest BCUT2D eigenvalue weighted by atomic mass is 10.2. The molecule has 0 unspecified atom stereocenters. The molecule has 18 heavy (non-hydrogen) atoms. The van der Waals surface area contributed by atoms with Crippen LogP contribution >= 0.6 is 11.3 Å². The highest BCUT2D eigenvalue weighted by molar-refractivity contribution is 7.14. The van der Waals surface area contributed by atoms with E-state index in [1.165, 1.54) is 11.3 Å². The highest BCUT2D eigenvalue weighted by Gasteiger charge is 2.12. The van der Waals surface area contributed by atoms with Gasteiger partial charge in [-0.1, -0.05) is 30.3 Å². The smallest absolute Gasteiger partial charge is 0.205 e. The molecule has 0 bridgehead atoms. The van der Waals surface area contributed by atoms with Gasteiger partial charge in [-0.25, -0.2) is 4.98 Å². The van der Waals surface area contributed by atoms with Crippen LogP contribution in [0.5, 0.6) is 0 Å². The van der Waals surface area contributed by atoms with E-state index in [2.05, 4.69) is 10.3 Å². The van der Waals surface area contributed by atoms with Crippen LogP contribution in [0.25, 0.3) is 0 Å². The largest absolute Gasteiger partial charge is 0.383 e. The van der Waals surface area contributed by atoms with E-state index in [0.29, 0.717) is 17.4 Å². The molecule has 0 fully saturated rings. The van der Waals surface area contributed by atoms with Gasteiger partial charge in [0.15, 0.2) is 5.01 Å². The molecule has 1 heterocycles. The fourth-order valence-electron chi connectivity index (χ4n) is 1.52. The number of rotatable bonds is 5. The number of carbonyl (C=O) groups is 1. The summed E-state index contributed by atoms with van der Waals surface area (Å²) in [6.07, 6.45) is 0. The first-order valence-electron chi connectivity index (χ1n) is 5.67. The normalized spacial score (nSPS) is 10.5. The van der Waals surface area contributed by atoms with Crippen molar-refractivity contribution in [1.29, 1.82) is 0 Å². The van der Waals surface area contributed by atoms with Crippen LogP contribution in [-0.4, -0.2) is 17.3 Å². The van der Waals surface area contributed by atoms with Crippen LogP contribution in [0.3, 0.4) is 0 Å². The summed E-state index contributed by atoms with van der Waals surface area (Å²) in [5, 5.41) is 3.58. The maximum atomic E-state index is 11.8. The van der Waals surface area contributed by atoms with Gasteiger partial charge in [0.2, 0.25) is 5.78 Å². The molecule has 0 amide bonds. The van der Waals surface area contributed by atoms with Crippen molar-refractivity contribution < 1.29 is 4.79 Å². The SMILES string of the molecule is Cc1sc(C(=O)CNCc2ccccc2)nc1N. The Balaban J connectivity index is 1.85. The molecular formula is C13H15N3OS. The zero-order valence-corrected chi connectivity index (χ0v) is 11.0. The fraction of sp³-hybridized carbons (Fsp3) is 0.231. The number of nitrogens with zero attached hydrogens (tertiary/aromatic N) is 1. The topological polar surface area (TPSA) is 68.0 Å². The minimum Gasteiger partial charge on any atom is -0.383 e. The van der Waals surface area contributed by atoms with Crippen molar-refractivity contribution in [3.8, 4) is 0 Å². The Morgan fingerprint density at radius 1 is 1.39 bits per heavy atom. The van der Waals surface area contributed by atoms with Gasteiger partial charge in [0.25, 0.3) is 0 Å². The summed E-state index contributed by atoms with van der Waals surface area (Å²) >= 11 is 1.34. The zero-order valence-electron chi connectivity index (χ0n) is 10.1. The maximum Gasteiger partial charge on any atom is 0.205 e. The summed E-state index contributed by atoms with van der Waals surface area (Å²) in [5.41, 5.74) is 6.78. The van der Waals surface area contributed by atoms with Gasteiger partial charge in [0.05, 0.1) is 6.54 Å². The van der Waals surface area contributed by atoms with Crippen LogP contribution in [0.4, 0.5) is 5.82 Å². The molecule has 1 aromatic carbocycles. The molecule has 3 N–H and O–H groups in total. The van der Waals surface area contributed by atoms with Crippen LogP contribution in [0.1, 0.15) is 20.2 Å². The Labute approximate surface area is 110 Å². The van der Waals surface area contributed by atoms with Crippen LogP contribution in [0, 0.1) is 6.92 Å². The average molecular weight is 261 g/mol. The molecule has 0 saturated carbocycles. The van der Waals surface area contributed by atoms with Gasteiger partial charge in [0, 0.05) is 11.4 Å². The highest BCUT2D eigenvalue weighted by atomic mass is 32.1. The Morgan fingerprint density at radius 3 is 2.72 bits per heavy atom. The number of hydrogen-bond acceptors (Lipinski definition) is 5. The molecule has 94 valence electrons. The third-order valence-electron chi connectivity index (χ3n) is 2.53. The summed E-state index contributed by atoms with van der Waals surface area (Å²) < 4.78 is 0. The third-order valence-corrected chi connectivity index (χ3v) is 3.56. The van der Waals surface area contributed by atoms with E-state index >= 15 is 0 Å². The number of hydrogen-bond donors (Lipinski definition) is 2. The molecule has 0 aliphatic rings. The van der Waals surface area contributed by atoms with Crippen LogP contribution in [0.15, 0.2) is 30.3 Å². The van der Waals surface area contributed by atoms with Crippen molar-refractivity contribution in [1.82, 2.24) is 10.3 Å². The van der Waals surface area contributed by atoms with E-state index in [9.17, 15) is 4.79 Å². The van der Waals surface area contributed by atoms with Crippen molar-refractivity contribution in [3.05, 3.63) is 45.8 Å². The van der Waals surface area contributed by atoms with E-state index in [0.717, 1.165) is 10.4 Å². The van der Waals surface area contributed by atoms with E-state index in [1.807, 2.05) is 37.3 Å². The highest BCUT2D eigenvalue weighted by Crippen LogP contribution is 2.19. The Hall–Kier alpha value is -1.72. The Bertz CT molecular complexity index is 517. The predicted molar refractivity (Wildman–Crippen MR) is 73.7 cm³/mol. The van der Waals surface area contributed by atoms with Gasteiger partial charge < -0.3 is 11.1 Å². The van der Waals surface area contributed by atoms with Crippen LogP contribution in [0.2, 0.25) is 0 Å². The summed E-state index contributed by atoms with van der Waals surface area (Å²) in [6, 6.07) is 9.95. The predicted octanol–water partition coefficient (Wildman–Crippen LogP) is 2.01. The fourth-order valence-corrected chi connectivity index (χ4v) is 2.29. The van der Waals surface area contributed by atoms with E-state index in [4.69, 9.17) is 5.73 Å². The molecule has 0 atom stereocenters. The minimum atomic E-state index is -0.0178. The first-order valence-corrected chi connectivity index (χ1v) is 6.49. The van der Waals surface area contributed by atoms with Crippen molar-refractivity contribution in [2.45, 2.75) is 13.5 Å². The third kappa shape index (κ3) is 3.15. The number of nitrogens with one attached hydrogen (secondary N) is 1. The van der Waals surface area contributed by atoms with Crippen LogP contribution < -0.4 is 11.1 Å². The standard InChI is InChI=1S/C13H15N3OS/c1-9-12(14)16-13(18-9)11(17)8-15-7-10-5-3-2-4-6-10/h2-6,15H,7-8,14H2,1H3. The molecule has 2 rings (SSSR count). The van der Waals surface area contributed by atoms with Gasteiger partial charge in [-0.15, -0.1) is 11.3 Å². The first-order chi connectivity index (χ1) is 8.66. The number of Topliss-reactive ketones (excluding diaryl/α,β-unsaturated/α-hetero) is 1. The van der Waals surface area contributed by atoms with Crippen molar-refractivity contribution >= 4 is 22.9 Å². The number of ketones is 1. The lowest BCUT2D eigenvalue weighted by Gasteiger charge is -2.02. The van der Waals surface area contributed by atoms with Gasteiger partial charge in [-0.2, -0.15) is 0 Å².